The fourth-order valence-electron chi connectivity index (χ4n) is 16.5. The molecule has 0 atom stereocenters. The van der Waals surface area contributed by atoms with Crippen molar-refractivity contribution in [1.29, 1.82) is 0 Å². The lowest BCUT2D eigenvalue weighted by Crippen LogP contribution is -2.04. The van der Waals surface area contributed by atoms with Gasteiger partial charge in [-0.2, -0.15) is 0 Å². The molecule has 19 heteroatoms. The number of hydrogen-bond acceptors (Lipinski definition) is 11. The van der Waals surface area contributed by atoms with Crippen molar-refractivity contribution in [3.63, 3.8) is 0 Å². The summed E-state index contributed by atoms with van der Waals surface area (Å²) in [5.41, 5.74) is 22.5. The minimum Gasteiger partial charge on any atom is -0.290 e. The number of nitrogens with zero attached hydrogens (tertiary/aromatic N) is 15. The van der Waals surface area contributed by atoms with E-state index in [4.69, 9.17) is 54.8 Å². The summed E-state index contributed by atoms with van der Waals surface area (Å²) in [5.74, 6) is 3.63. The van der Waals surface area contributed by atoms with Crippen LogP contribution in [0.1, 0.15) is 0 Å². The maximum atomic E-state index is 5.11. The fraction of sp³-hybridized carbons (Fsp3) is 0. The van der Waals surface area contributed by atoms with E-state index in [1.165, 1.54) is 0 Å². The fourth-order valence-corrected chi connectivity index (χ4v) is 18.0. The molecular weight excluding hydrogens is 1840 g/mol. The van der Waals surface area contributed by atoms with Crippen LogP contribution < -0.4 is 0 Å². The van der Waals surface area contributed by atoms with E-state index in [-0.39, 0.29) is 0 Å². The van der Waals surface area contributed by atoms with E-state index in [0.29, 0.717) is 17.6 Å². The number of pyridine rings is 5. The van der Waals surface area contributed by atoms with Gasteiger partial charge in [0.2, 0.25) is 5.95 Å². The molecular formula is C109H69Br4N15. The van der Waals surface area contributed by atoms with Gasteiger partial charge in [0, 0.05) is 131 Å². The van der Waals surface area contributed by atoms with Crippen LogP contribution >= 0.6 is 63.7 Å². The second-order valence-corrected chi connectivity index (χ2v) is 34.0. The van der Waals surface area contributed by atoms with Gasteiger partial charge in [-0.1, -0.05) is 306 Å². The summed E-state index contributed by atoms with van der Waals surface area (Å²) in [5, 5.41) is 8.88. The summed E-state index contributed by atoms with van der Waals surface area (Å²) in [4.78, 5) is 53.7. The Morgan fingerprint density at radius 2 is 0.516 bits per heavy atom. The molecule has 608 valence electrons. The van der Waals surface area contributed by atoms with Gasteiger partial charge in [-0.05, 0) is 151 Å². The first-order valence-electron chi connectivity index (χ1n) is 41.4. The number of aromatic nitrogens is 15. The highest BCUT2D eigenvalue weighted by Crippen LogP contribution is 2.42. The largest absolute Gasteiger partial charge is 0.290 e. The Labute approximate surface area is 768 Å². The predicted octanol–water partition coefficient (Wildman–Crippen LogP) is 28.9. The van der Waals surface area contributed by atoms with Crippen molar-refractivity contribution >= 4 is 151 Å². The molecule has 0 aliphatic carbocycles. The summed E-state index contributed by atoms with van der Waals surface area (Å²) in [6, 6.07) is 132. The van der Waals surface area contributed by atoms with Crippen molar-refractivity contribution in [1.82, 2.24) is 73.1 Å². The zero-order chi connectivity index (χ0) is 86.0. The monoisotopic (exact) mass is 1900 g/mol. The van der Waals surface area contributed by atoms with Gasteiger partial charge in [0.05, 0.1) is 62.4 Å². The molecule has 0 amide bonds. The second-order valence-electron chi connectivity index (χ2n) is 30.3. The Hall–Kier alpha value is -15.3. The maximum absolute atomic E-state index is 5.11. The molecule has 0 aliphatic rings. The van der Waals surface area contributed by atoms with E-state index in [0.717, 1.165) is 201 Å². The average molecular weight is 1910 g/mol. The van der Waals surface area contributed by atoms with Crippen molar-refractivity contribution in [3.8, 4) is 113 Å². The van der Waals surface area contributed by atoms with Gasteiger partial charge in [-0.3, -0.25) is 18.3 Å². The molecule has 12 aromatic heterocycles. The van der Waals surface area contributed by atoms with Gasteiger partial charge in [0.25, 0.3) is 0 Å². The zero-order valence-electron chi connectivity index (χ0n) is 68.1. The molecule has 0 bridgehead atoms. The third-order valence-electron chi connectivity index (χ3n) is 22.4. The van der Waals surface area contributed by atoms with Gasteiger partial charge in [0.15, 0.2) is 11.6 Å². The molecule has 0 saturated heterocycles. The van der Waals surface area contributed by atoms with Crippen molar-refractivity contribution in [2.75, 3.05) is 0 Å². The minimum absolute atomic E-state index is 0.603. The highest BCUT2D eigenvalue weighted by molar-refractivity contribution is 9.11. The Morgan fingerprint density at radius 1 is 0.195 bits per heavy atom. The van der Waals surface area contributed by atoms with E-state index in [9.17, 15) is 0 Å². The van der Waals surface area contributed by atoms with Crippen LogP contribution in [0.5, 0.6) is 0 Å². The number of rotatable bonds is 12. The van der Waals surface area contributed by atoms with E-state index in [1.54, 1.807) is 0 Å². The third kappa shape index (κ3) is 15.9. The lowest BCUT2D eigenvalue weighted by Gasteiger charge is -2.13. The topological polar surface area (TPSA) is 162 Å². The standard InChI is InChI=1S/C28H18BrN3.3C27H17BrN4/c29-22-13-14-26-24(18-22)23-12-7-15-30-28(23)32(26)27-17-21(19-8-3-1-4-9-19)16-25(31-27)20-10-5-2-6-11-20;28-20-13-14-25-22(16-20)21-12-7-15-29-26(21)32(25)27-30-23(18-8-3-1-4-9-18)17-24(31-27)19-10-5-2-6-11-19;28-20-13-14-24-22(16-20)21-12-7-15-29-27(21)32(24)25-17-23(18-8-3-1-4-9-18)30-26(31-25)19-10-5-2-6-11-19;28-20-13-14-23-22(16-20)21-12-7-15-29-27(21)32(23)24-17-30-26(19-10-5-2-6-11-19)31-25(24)18-8-3-1-4-9-18/h1-18H;3*1-17H. The number of hydrogen-bond donors (Lipinski definition) is 0. The van der Waals surface area contributed by atoms with Crippen LogP contribution in [0.2, 0.25) is 0 Å². The molecule has 0 radical (unpaired) electrons. The Balaban J connectivity index is 0.000000104. The maximum Gasteiger partial charge on any atom is 0.237 e. The zero-order valence-corrected chi connectivity index (χ0v) is 74.4. The molecule has 12 aromatic carbocycles. The molecule has 0 aliphatic heterocycles. The second kappa shape index (κ2) is 35.4. The van der Waals surface area contributed by atoms with E-state index < -0.39 is 0 Å². The molecule has 24 rings (SSSR count). The summed E-state index contributed by atoms with van der Waals surface area (Å²) in [7, 11) is 0. The smallest absolute Gasteiger partial charge is 0.237 e. The van der Waals surface area contributed by atoms with Crippen LogP contribution in [-0.2, 0) is 0 Å². The molecule has 0 spiro atoms. The Morgan fingerprint density at radius 3 is 0.922 bits per heavy atom. The van der Waals surface area contributed by atoms with Crippen LogP contribution in [0, 0.1) is 0 Å². The Bertz CT molecular complexity index is 7480. The van der Waals surface area contributed by atoms with Crippen LogP contribution in [0.25, 0.3) is 201 Å². The molecule has 12 heterocycles. The van der Waals surface area contributed by atoms with E-state index in [2.05, 4.69) is 270 Å². The first-order valence-corrected chi connectivity index (χ1v) is 44.6. The summed E-state index contributed by atoms with van der Waals surface area (Å²) >= 11 is 14.5. The van der Waals surface area contributed by atoms with Crippen molar-refractivity contribution in [3.05, 3.63) is 437 Å². The first kappa shape index (κ1) is 79.9. The molecule has 0 saturated carbocycles. The van der Waals surface area contributed by atoms with E-state index in [1.807, 2.05) is 231 Å². The average Bonchev–Trinajstić information content (AvgIpc) is 1.60. The van der Waals surface area contributed by atoms with Crippen LogP contribution in [0.3, 0.4) is 0 Å². The normalized spacial score (nSPS) is 11.3. The SMILES string of the molecule is Brc1ccc2c(c1)c1cccnc1n2-c1cc(-c2ccccc2)cc(-c2ccccc2)n1.Brc1ccc2c(c1)c1cccnc1n2-c1cc(-c2ccccc2)nc(-c2ccccc2)n1.Brc1ccc2c(c1)c1cccnc1n2-c1cnc(-c2ccccc2)nc1-c1ccccc1.Brc1ccc2c(c1)c1cccnc1n2-c1nc(-c2ccccc2)cc(-c2ccccc2)n1. The van der Waals surface area contributed by atoms with Crippen LogP contribution in [0.4, 0.5) is 0 Å². The molecule has 15 nitrogen and oxygen atoms in total. The van der Waals surface area contributed by atoms with Gasteiger partial charge < -0.3 is 0 Å². The first-order chi connectivity index (χ1) is 63.1. The molecule has 0 unspecified atom stereocenters. The molecule has 0 N–H and O–H groups in total. The summed E-state index contributed by atoms with van der Waals surface area (Å²) < 4.78 is 12.6. The lowest BCUT2D eigenvalue weighted by molar-refractivity contribution is 0.981. The van der Waals surface area contributed by atoms with Gasteiger partial charge in [-0.15, -0.1) is 0 Å². The summed E-state index contributed by atoms with van der Waals surface area (Å²) in [6.45, 7) is 0. The third-order valence-corrected chi connectivity index (χ3v) is 24.3. The molecule has 128 heavy (non-hydrogen) atoms. The minimum atomic E-state index is 0.603. The predicted molar refractivity (Wildman–Crippen MR) is 533 cm³/mol. The van der Waals surface area contributed by atoms with Crippen molar-refractivity contribution in [2.24, 2.45) is 0 Å². The number of halogens is 4. The van der Waals surface area contributed by atoms with Gasteiger partial charge in [-0.25, -0.2) is 54.8 Å². The van der Waals surface area contributed by atoms with Crippen molar-refractivity contribution in [2.45, 2.75) is 0 Å². The van der Waals surface area contributed by atoms with E-state index >= 15 is 0 Å². The molecule has 24 aromatic rings. The highest BCUT2D eigenvalue weighted by atomic mass is 79.9. The van der Waals surface area contributed by atoms with Gasteiger partial charge in [0.1, 0.15) is 34.2 Å². The van der Waals surface area contributed by atoms with Crippen LogP contribution in [0.15, 0.2) is 437 Å². The van der Waals surface area contributed by atoms with Crippen molar-refractivity contribution < 1.29 is 0 Å². The number of fused-ring (bicyclic) bond motifs is 12. The van der Waals surface area contributed by atoms with Crippen LogP contribution in [-0.4, -0.2) is 73.1 Å². The lowest BCUT2D eigenvalue weighted by atomic mass is 10.0. The summed E-state index contributed by atoms with van der Waals surface area (Å²) in [6.07, 6.45) is 9.21. The number of benzene rings is 12. The quantitative estimate of drug-likeness (QED) is 0.114. The highest BCUT2D eigenvalue weighted by Gasteiger charge is 2.24. The molecule has 0 fully saturated rings. The van der Waals surface area contributed by atoms with Gasteiger partial charge >= 0.3 is 0 Å². The Kier molecular flexibility index (Phi) is 22.1.